The third kappa shape index (κ3) is 5.29. The molecular weight excluding hydrogens is 436 g/mol. The average molecular weight is 465 g/mol. The topological polar surface area (TPSA) is 85.4 Å². The van der Waals surface area contributed by atoms with E-state index in [0.717, 1.165) is 52.9 Å². The highest BCUT2D eigenvalue weighted by atomic mass is 32.2. The van der Waals surface area contributed by atoms with Gasteiger partial charge in [-0.3, -0.25) is 9.78 Å². The van der Waals surface area contributed by atoms with E-state index >= 15 is 0 Å². The van der Waals surface area contributed by atoms with Gasteiger partial charge in [0.05, 0.1) is 41.7 Å². The zero-order chi connectivity index (χ0) is 22.6. The molecule has 3 aromatic rings. The molecule has 0 unspecified atom stereocenters. The van der Waals surface area contributed by atoms with Gasteiger partial charge >= 0.3 is 0 Å². The maximum absolute atomic E-state index is 11.6. The summed E-state index contributed by atoms with van der Waals surface area (Å²) < 4.78 is 11.6. The Labute approximate surface area is 197 Å². The van der Waals surface area contributed by atoms with Gasteiger partial charge in [-0.05, 0) is 67.6 Å². The van der Waals surface area contributed by atoms with Crippen LogP contribution in [0.5, 0.6) is 5.75 Å². The summed E-state index contributed by atoms with van der Waals surface area (Å²) in [6.07, 6.45) is 6.21. The molecule has 0 saturated carbocycles. The van der Waals surface area contributed by atoms with Gasteiger partial charge in [-0.15, -0.1) is 11.8 Å². The molecule has 1 amide bonds. The molecule has 33 heavy (non-hydrogen) atoms. The van der Waals surface area contributed by atoms with E-state index in [1.807, 2.05) is 30.5 Å². The van der Waals surface area contributed by atoms with Crippen LogP contribution in [0.1, 0.15) is 30.5 Å². The molecule has 2 atom stereocenters. The number of nitrogens with one attached hydrogen (secondary N) is 2. The number of rotatable bonds is 7. The highest BCUT2D eigenvalue weighted by Crippen LogP contribution is 2.30. The average Bonchev–Trinajstić information content (AvgIpc) is 2.86. The van der Waals surface area contributed by atoms with Crippen molar-refractivity contribution in [2.45, 2.75) is 49.3 Å². The van der Waals surface area contributed by atoms with Gasteiger partial charge in [-0.2, -0.15) is 0 Å². The Kier molecular flexibility index (Phi) is 6.75. The van der Waals surface area contributed by atoms with Crippen molar-refractivity contribution >= 4 is 34.4 Å². The van der Waals surface area contributed by atoms with E-state index < -0.39 is 0 Å². The molecule has 1 fully saturated rings. The summed E-state index contributed by atoms with van der Waals surface area (Å²) in [6.45, 7) is 1.37. The normalized spacial score (nSPS) is 20.3. The molecule has 0 bridgehead atoms. The summed E-state index contributed by atoms with van der Waals surface area (Å²) >= 11 is 1.53. The number of benzene rings is 1. The first-order valence-electron chi connectivity index (χ1n) is 11.4. The Balaban J connectivity index is 1.11. The van der Waals surface area contributed by atoms with Crippen LogP contribution in [0.15, 0.2) is 47.5 Å². The van der Waals surface area contributed by atoms with Crippen LogP contribution in [0.3, 0.4) is 0 Å². The quantitative estimate of drug-likeness (QED) is 0.548. The van der Waals surface area contributed by atoms with Gasteiger partial charge < -0.3 is 20.1 Å². The van der Waals surface area contributed by atoms with E-state index in [1.54, 1.807) is 7.11 Å². The van der Waals surface area contributed by atoms with Gasteiger partial charge in [0.25, 0.3) is 0 Å². The zero-order valence-electron chi connectivity index (χ0n) is 18.7. The fourth-order valence-corrected chi connectivity index (χ4v) is 5.15. The highest BCUT2D eigenvalue weighted by Gasteiger charge is 2.22. The number of pyridine rings is 2. The fraction of sp³-hybridized carbons (Fsp3) is 0.400. The van der Waals surface area contributed by atoms with E-state index in [4.69, 9.17) is 9.47 Å². The summed E-state index contributed by atoms with van der Waals surface area (Å²) in [7, 11) is 1.69. The lowest BCUT2D eigenvalue weighted by molar-refractivity contribution is -0.113. The number of anilines is 1. The Hall–Kier alpha value is -2.68. The summed E-state index contributed by atoms with van der Waals surface area (Å²) in [5, 5.41) is 7.56. The number of ether oxygens (including phenoxy) is 2. The monoisotopic (exact) mass is 464 g/mol. The van der Waals surface area contributed by atoms with Crippen molar-refractivity contribution in [1.82, 2.24) is 15.3 Å². The van der Waals surface area contributed by atoms with Gasteiger partial charge in [-0.25, -0.2) is 4.98 Å². The Morgan fingerprint density at radius 3 is 3.03 bits per heavy atom. The number of aromatic nitrogens is 2. The van der Waals surface area contributed by atoms with Gasteiger partial charge in [0, 0.05) is 24.2 Å². The van der Waals surface area contributed by atoms with E-state index in [2.05, 4.69) is 32.7 Å². The number of carbonyl (C=O) groups is 1. The smallest absolute Gasteiger partial charge is 0.235 e. The number of hydrogen-bond acceptors (Lipinski definition) is 7. The molecule has 7 nitrogen and oxygen atoms in total. The molecule has 2 aliphatic heterocycles. The van der Waals surface area contributed by atoms with E-state index in [0.29, 0.717) is 30.8 Å². The molecule has 1 saturated heterocycles. The Morgan fingerprint density at radius 1 is 1.24 bits per heavy atom. The molecule has 1 aromatic carbocycles. The maximum atomic E-state index is 11.6. The van der Waals surface area contributed by atoms with Crippen LogP contribution in [0, 0.1) is 0 Å². The molecule has 2 N–H and O–H groups in total. The standard InChI is InChI=1S/C25H28N4O3S/c1-31-20-7-8-22-21(12-20)16(10-11-26-22)2-5-19-6-3-18(14-32-19)27-13-17-4-9-23-25(28-17)29-24(30)15-33-23/h4,7-12,18-19,27H,2-3,5-6,13-15H2,1H3,(H,28,29,30)/t18-,19+/m1/s1. The van der Waals surface area contributed by atoms with Gasteiger partial charge in [0.2, 0.25) is 5.91 Å². The van der Waals surface area contributed by atoms with Crippen molar-refractivity contribution < 1.29 is 14.3 Å². The molecule has 2 aliphatic rings. The first kappa shape index (κ1) is 22.1. The zero-order valence-corrected chi connectivity index (χ0v) is 19.5. The van der Waals surface area contributed by atoms with Crippen molar-refractivity contribution in [1.29, 1.82) is 0 Å². The third-order valence-electron chi connectivity index (χ3n) is 6.25. The SMILES string of the molecule is COc1ccc2nccc(CC[C@H]3CC[C@@H](NCc4ccc5c(n4)NC(=O)CS5)CO3)c2c1. The summed E-state index contributed by atoms with van der Waals surface area (Å²) in [5.74, 6) is 2.00. The van der Waals surface area contributed by atoms with Crippen LogP contribution >= 0.6 is 11.8 Å². The maximum Gasteiger partial charge on any atom is 0.235 e. The molecule has 0 radical (unpaired) electrons. The van der Waals surface area contributed by atoms with Crippen LogP contribution in [0.2, 0.25) is 0 Å². The Morgan fingerprint density at radius 2 is 2.18 bits per heavy atom. The molecule has 4 heterocycles. The largest absolute Gasteiger partial charge is 0.497 e. The van der Waals surface area contributed by atoms with Crippen molar-refractivity contribution in [3.05, 3.63) is 53.9 Å². The molecule has 0 aliphatic carbocycles. The van der Waals surface area contributed by atoms with Crippen molar-refractivity contribution in [3.8, 4) is 5.75 Å². The predicted molar refractivity (Wildman–Crippen MR) is 130 cm³/mol. The first-order valence-corrected chi connectivity index (χ1v) is 12.4. The summed E-state index contributed by atoms with van der Waals surface area (Å²) in [4.78, 5) is 21.7. The number of aryl methyl sites for hydroxylation is 1. The number of nitrogens with zero attached hydrogens (tertiary/aromatic N) is 2. The molecule has 8 heteroatoms. The highest BCUT2D eigenvalue weighted by molar-refractivity contribution is 8.00. The lowest BCUT2D eigenvalue weighted by Crippen LogP contribution is -2.39. The minimum absolute atomic E-state index is 0.00994. The summed E-state index contributed by atoms with van der Waals surface area (Å²) in [6, 6.07) is 12.5. The number of fused-ring (bicyclic) bond motifs is 2. The van der Waals surface area contributed by atoms with Crippen LogP contribution in [-0.4, -0.2) is 47.5 Å². The van der Waals surface area contributed by atoms with E-state index in [1.165, 1.54) is 17.3 Å². The van der Waals surface area contributed by atoms with Crippen LogP contribution in [0.25, 0.3) is 10.9 Å². The summed E-state index contributed by atoms with van der Waals surface area (Å²) in [5.41, 5.74) is 3.21. The number of amides is 1. The van der Waals surface area contributed by atoms with Gasteiger partial charge in [-0.1, -0.05) is 0 Å². The molecular formula is C25H28N4O3S. The van der Waals surface area contributed by atoms with Crippen LogP contribution in [-0.2, 0) is 22.5 Å². The first-order chi connectivity index (χ1) is 16.2. The van der Waals surface area contributed by atoms with E-state index in [9.17, 15) is 4.79 Å². The predicted octanol–water partition coefficient (Wildman–Crippen LogP) is 3.95. The molecule has 5 rings (SSSR count). The Bertz CT molecular complexity index is 1150. The lowest BCUT2D eigenvalue weighted by atomic mass is 9.97. The lowest BCUT2D eigenvalue weighted by Gasteiger charge is -2.30. The number of methoxy groups -OCH3 is 1. The van der Waals surface area contributed by atoms with Gasteiger partial charge in [0.15, 0.2) is 0 Å². The second kappa shape index (κ2) is 10.1. The number of hydrogen-bond donors (Lipinski definition) is 2. The number of thioether (sulfide) groups is 1. The minimum atomic E-state index is 0.00994. The van der Waals surface area contributed by atoms with E-state index in [-0.39, 0.29) is 12.0 Å². The van der Waals surface area contributed by atoms with Crippen molar-refractivity contribution in [2.24, 2.45) is 0 Å². The molecule has 0 spiro atoms. The fourth-order valence-electron chi connectivity index (χ4n) is 4.39. The van der Waals surface area contributed by atoms with Crippen molar-refractivity contribution in [3.63, 3.8) is 0 Å². The van der Waals surface area contributed by atoms with Crippen LogP contribution in [0.4, 0.5) is 5.82 Å². The van der Waals surface area contributed by atoms with Crippen molar-refractivity contribution in [2.75, 3.05) is 24.8 Å². The second-order valence-electron chi connectivity index (χ2n) is 8.49. The van der Waals surface area contributed by atoms with Crippen LogP contribution < -0.4 is 15.4 Å². The molecule has 172 valence electrons. The third-order valence-corrected chi connectivity index (χ3v) is 7.30. The molecule has 2 aromatic heterocycles. The number of carbonyl (C=O) groups excluding carboxylic acids is 1. The van der Waals surface area contributed by atoms with Gasteiger partial charge in [0.1, 0.15) is 11.6 Å². The minimum Gasteiger partial charge on any atom is -0.497 e. The second-order valence-corrected chi connectivity index (χ2v) is 9.51.